The zero-order chi connectivity index (χ0) is 19.7. The van der Waals surface area contributed by atoms with Gasteiger partial charge in [0.05, 0.1) is 6.26 Å². The maximum atomic E-state index is 11.6. The molecule has 4 nitrogen and oxygen atoms in total. The Kier molecular flexibility index (Phi) is 4.69. The van der Waals surface area contributed by atoms with Crippen molar-refractivity contribution in [3.63, 3.8) is 0 Å². The Balaban J connectivity index is 1.89. The number of benzene rings is 3. The van der Waals surface area contributed by atoms with Crippen LogP contribution in [0.3, 0.4) is 0 Å². The highest BCUT2D eigenvalue weighted by Crippen LogP contribution is 2.37. The maximum absolute atomic E-state index is 11.6. The van der Waals surface area contributed by atoms with Crippen LogP contribution < -0.4 is 10.5 Å². The fraction of sp³-hybridized carbons (Fsp3) is 0.130. The van der Waals surface area contributed by atoms with Crippen LogP contribution in [0, 0.1) is 0 Å². The van der Waals surface area contributed by atoms with Crippen LogP contribution in [0.5, 0.6) is 0 Å². The number of rotatable bonds is 3. The van der Waals surface area contributed by atoms with Gasteiger partial charge >= 0.3 is 0 Å². The first-order chi connectivity index (χ1) is 13.4. The Bertz CT molecular complexity index is 1180. The highest BCUT2D eigenvalue weighted by Gasteiger charge is 2.19. The molecule has 5 heteroatoms. The summed E-state index contributed by atoms with van der Waals surface area (Å²) in [7, 11) is -3.32. The molecule has 0 heterocycles. The van der Waals surface area contributed by atoms with Crippen LogP contribution in [0.2, 0.25) is 0 Å². The fourth-order valence-electron chi connectivity index (χ4n) is 3.77. The van der Waals surface area contributed by atoms with Crippen LogP contribution in [0.4, 0.5) is 11.4 Å². The molecule has 0 aromatic heterocycles. The first kappa shape index (κ1) is 18.3. The number of aryl methyl sites for hydroxylation is 1. The van der Waals surface area contributed by atoms with E-state index < -0.39 is 10.0 Å². The normalized spacial score (nSPS) is 14.8. The van der Waals surface area contributed by atoms with Gasteiger partial charge in [-0.3, -0.25) is 4.72 Å². The highest BCUT2D eigenvalue weighted by molar-refractivity contribution is 7.92. The van der Waals surface area contributed by atoms with E-state index in [9.17, 15) is 8.42 Å². The van der Waals surface area contributed by atoms with E-state index in [2.05, 4.69) is 35.1 Å². The van der Waals surface area contributed by atoms with E-state index in [1.807, 2.05) is 36.4 Å². The number of nitrogens with two attached hydrogens (primary N) is 1. The minimum Gasteiger partial charge on any atom is -0.398 e. The molecule has 1 aliphatic rings. The maximum Gasteiger partial charge on any atom is 0.229 e. The van der Waals surface area contributed by atoms with Gasteiger partial charge in [-0.05, 0) is 70.5 Å². The minimum absolute atomic E-state index is 0.548. The Hall–Kier alpha value is -3.05. The molecule has 3 aromatic rings. The number of hydrogen-bond donors (Lipinski definition) is 2. The van der Waals surface area contributed by atoms with Gasteiger partial charge in [-0.15, -0.1) is 0 Å². The summed E-state index contributed by atoms with van der Waals surface area (Å²) >= 11 is 0. The fourth-order valence-corrected chi connectivity index (χ4v) is 4.33. The molecule has 0 amide bonds. The first-order valence-corrected chi connectivity index (χ1v) is 11.1. The molecule has 0 bridgehead atoms. The SMILES string of the molecule is CS(=O)(=O)Nc1cccc(C=C2c3ccccc3CCc3c(N)cccc32)c1. The molecule has 0 unspecified atom stereocenters. The lowest BCUT2D eigenvalue weighted by atomic mass is 9.92. The van der Waals surface area contributed by atoms with Crippen molar-refractivity contribution in [3.05, 3.63) is 94.5 Å². The third-order valence-electron chi connectivity index (χ3n) is 4.96. The zero-order valence-electron chi connectivity index (χ0n) is 15.6. The Morgan fingerprint density at radius 3 is 2.50 bits per heavy atom. The van der Waals surface area contributed by atoms with Crippen molar-refractivity contribution in [1.82, 2.24) is 0 Å². The topological polar surface area (TPSA) is 72.2 Å². The average Bonchev–Trinajstić information content (AvgIpc) is 2.79. The Labute approximate surface area is 165 Å². The van der Waals surface area contributed by atoms with Crippen LogP contribution in [-0.2, 0) is 22.9 Å². The molecule has 0 saturated heterocycles. The first-order valence-electron chi connectivity index (χ1n) is 9.16. The second kappa shape index (κ2) is 7.17. The molecule has 0 fully saturated rings. The number of anilines is 2. The van der Waals surface area contributed by atoms with Gasteiger partial charge in [0, 0.05) is 11.4 Å². The van der Waals surface area contributed by atoms with Crippen molar-refractivity contribution in [2.75, 3.05) is 16.7 Å². The van der Waals surface area contributed by atoms with Crippen molar-refractivity contribution < 1.29 is 8.42 Å². The third kappa shape index (κ3) is 3.80. The van der Waals surface area contributed by atoms with Crippen molar-refractivity contribution in [2.45, 2.75) is 12.8 Å². The summed E-state index contributed by atoms with van der Waals surface area (Å²) in [5.41, 5.74) is 14.4. The van der Waals surface area contributed by atoms with Crippen LogP contribution in [0.25, 0.3) is 11.6 Å². The summed E-state index contributed by atoms with van der Waals surface area (Å²) in [5, 5.41) is 0. The predicted octanol–water partition coefficient (Wildman–Crippen LogP) is 4.33. The third-order valence-corrected chi connectivity index (χ3v) is 5.56. The molecule has 0 radical (unpaired) electrons. The van der Waals surface area contributed by atoms with Crippen LogP contribution in [0.15, 0.2) is 66.7 Å². The summed E-state index contributed by atoms with van der Waals surface area (Å²) < 4.78 is 25.7. The summed E-state index contributed by atoms with van der Waals surface area (Å²) in [6, 6.07) is 21.9. The summed E-state index contributed by atoms with van der Waals surface area (Å²) in [4.78, 5) is 0. The van der Waals surface area contributed by atoms with Gasteiger partial charge < -0.3 is 5.73 Å². The molecule has 1 aliphatic carbocycles. The number of hydrogen-bond acceptors (Lipinski definition) is 3. The largest absolute Gasteiger partial charge is 0.398 e. The molecule has 28 heavy (non-hydrogen) atoms. The molecular formula is C23H22N2O2S. The average molecular weight is 391 g/mol. The van der Waals surface area contributed by atoms with Crippen LogP contribution >= 0.6 is 0 Å². The smallest absolute Gasteiger partial charge is 0.229 e. The van der Waals surface area contributed by atoms with Gasteiger partial charge in [0.2, 0.25) is 10.0 Å². The molecular weight excluding hydrogens is 368 g/mol. The monoisotopic (exact) mass is 390 g/mol. The van der Waals surface area contributed by atoms with Crippen molar-refractivity contribution in [2.24, 2.45) is 0 Å². The number of nitrogen functional groups attached to an aromatic ring is 1. The lowest BCUT2D eigenvalue weighted by Crippen LogP contribution is -2.09. The predicted molar refractivity (Wildman–Crippen MR) is 117 cm³/mol. The van der Waals surface area contributed by atoms with E-state index >= 15 is 0 Å². The molecule has 3 N–H and O–H groups in total. The molecule has 4 rings (SSSR count). The molecule has 3 aromatic carbocycles. The van der Waals surface area contributed by atoms with Gasteiger partial charge in [0.15, 0.2) is 0 Å². The highest BCUT2D eigenvalue weighted by atomic mass is 32.2. The van der Waals surface area contributed by atoms with E-state index in [4.69, 9.17) is 5.73 Å². The number of fused-ring (bicyclic) bond motifs is 2. The molecule has 0 atom stereocenters. The lowest BCUT2D eigenvalue weighted by Gasteiger charge is -2.14. The Morgan fingerprint density at radius 2 is 1.68 bits per heavy atom. The van der Waals surface area contributed by atoms with Crippen LogP contribution in [0.1, 0.15) is 27.8 Å². The van der Waals surface area contributed by atoms with Gasteiger partial charge in [-0.25, -0.2) is 8.42 Å². The second-order valence-corrected chi connectivity index (χ2v) is 8.84. The van der Waals surface area contributed by atoms with E-state index in [0.717, 1.165) is 47.0 Å². The van der Waals surface area contributed by atoms with Crippen LogP contribution in [-0.4, -0.2) is 14.7 Å². The van der Waals surface area contributed by atoms with Gasteiger partial charge in [-0.1, -0.05) is 48.5 Å². The summed E-state index contributed by atoms with van der Waals surface area (Å²) in [6.45, 7) is 0. The van der Waals surface area contributed by atoms with E-state index in [0.29, 0.717) is 5.69 Å². The zero-order valence-corrected chi connectivity index (χ0v) is 16.5. The second-order valence-electron chi connectivity index (χ2n) is 7.09. The molecule has 0 spiro atoms. The number of nitrogens with one attached hydrogen (secondary N) is 1. The van der Waals surface area contributed by atoms with E-state index in [-0.39, 0.29) is 0 Å². The lowest BCUT2D eigenvalue weighted by molar-refractivity contribution is 0.607. The Morgan fingerprint density at radius 1 is 0.929 bits per heavy atom. The number of sulfonamides is 1. The van der Waals surface area contributed by atoms with E-state index in [1.165, 1.54) is 11.1 Å². The summed E-state index contributed by atoms with van der Waals surface area (Å²) in [5.74, 6) is 0. The summed E-state index contributed by atoms with van der Waals surface area (Å²) in [6.07, 6.45) is 5.09. The van der Waals surface area contributed by atoms with Gasteiger partial charge in [0.25, 0.3) is 0 Å². The molecule has 0 aliphatic heterocycles. The molecule has 0 saturated carbocycles. The van der Waals surface area contributed by atoms with Gasteiger partial charge in [-0.2, -0.15) is 0 Å². The van der Waals surface area contributed by atoms with Crippen molar-refractivity contribution in [1.29, 1.82) is 0 Å². The molecule has 142 valence electrons. The minimum atomic E-state index is -3.32. The standard InChI is InChI=1S/C23H22N2O2S/c1-28(26,27)25-18-8-4-6-16(14-18)15-22-19-9-3-2-7-17(19)12-13-21-20(22)10-5-11-23(21)24/h2-11,14-15,25H,12-13,24H2,1H3. The van der Waals surface area contributed by atoms with E-state index in [1.54, 1.807) is 6.07 Å². The van der Waals surface area contributed by atoms with Gasteiger partial charge in [0.1, 0.15) is 0 Å². The van der Waals surface area contributed by atoms with Crippen molar-refractivity contribution in [3.8, 4) is 0 Å². The quantitative estimate of drug-likeness (QED) is 0.654. The van der Waals surface area contributed by atoms with Crippen molar-refractivity contribution >= 4 is 33.0 Å².